The van der Waals surface area contributed by atoms with E-state index in [0.29, 0.717) is 0 Å². The maximum absolute atomic E-state index is 13.2. The minimum atomic E-state index is -3.76. The molecule has 0 atom stereocenters. The average molecular weight is 273 g/mol. The first-order valence-corrected chi connectivity index (χ1v) is 7.43. The van der Waals surface area contributed by atoms with Gasteiger partial charge in [0.05, 0.1) is 11.5 Å². The van der Waals surface area contributed by atoms with Crippen LogP contribution in [0, 0.1) is 5.82 Å². The number of sulfonamides is 1. The molecular weight excluding hydrogens is 257 g/mol. The van der Waals surface area contributed by atoms with Crippen molar-refractivity contribution in [3.63, 3.8) is 0 Å². The largest absolute Gasteiger partial charge is 0.392 e. The fourth-order valence-electron chi connectivity index (χ4n) is 2.24. The van der Waals surface area contributed by atoms with Gasteiger partial charge in [0.15, 0.2) is 0 Å². The first-order valence-electron chi connectivity index (χ1n) is 5.94. The van der Waals surface area contributed by atoms with Crippen molar-refractivity contribution in [3.8, 4) is 0 Å². The van der Waals surface area contributed by atoms with E-state index in [9.17, 15) is 12.8 Å². The molecule has 0 amide bonds. The summed E-state index contributed by atoms with van der Waals surface area (Å²) in [6.45, 7) is -0.429. The van der Waals surface area contributed by atoms with Crippen LogP contribution in [-0.2, 0) is 16.6 Å². The summed E-state index contributed by atoms with van der Waals surface area (Å²) in [4.78, 5) is -0.170. The smallest absolute Gasteiger partial charge is 0.241 e. The second-order valence-corrected chi connectivity index (χ2v) is 6.20. The van der Waals surface area contributed by atoms with E-state index in [1.54, 1.807) is 0 Å². The summed E-state index contributed by atoms with van der Waals surface area (Å²) in [5.74, 6) is -0.626. The van der Waals surface area contributed by atoms with Gasteiger partial charge in [-0.05, 0) is 30.5 Å². The summed E-state index contributed by atoms with van der Waals surface area (Å²) in [7, 11) is -3.76. The number of aliphatic hydroxyl groups is 1. The van der Waals surface area contributed by atoms with E-state index in [0.717, 1.165) is 37.8 Å². The molecule has 0 heterocycles. The molecule has 0 radical (unpaired) electrons. The van der Waals surface area contributed by atoms with Crippen molar-refractivity contribution in [2.45, 2.75) is 43.2 Å². The molecule has 0 bridgehead atoms. The van der Waals surface area contributed by atoms with Crippen LogP contribution in [0.4, 0.5) is 4.39 Å². The van der Waals surface area contributed by atoms with Crippen molar-refractivity contribution in [2.24, 2.45) is 0 Å². The van der Waals surface area contributed by atoms with E-state index in [1.165, 1.54) is 6.07 Å². The Morgan fingerprint density at radius 3 is 2.61 bits per heavy atom. The summed E-state index contributed by atoms with van der Waals surface area (Å²) in [6, 6.07) is 3.30. The lowest BCUT2D eigenvalue weighted by Gasteiger charge is -2.14. The highest BCUT2D eigenvalue weighted by Gasteiger charge is 2.25. The van der Waals surface area contributed by atoms with Gasteiger partial charge in [-0.3, -0.25) is 0 Å². The van der Waals surface area contributed by atoms with Crippen molar-refractivity contribution >= 4 is 10.0 Å². The zero-order chi connectivity index (χ0) is 13.2. The molecule has 1 fully saturated rings. The molecule has 2 rings (SSSR count). The van der Waals surface area contributed by atoms with Crippen LogP contribution >= 0.6 is 0 Å². The third-order valence-electron chi connectivity index (χ3n) is 3.17. The number of hydrogen-bond donors (Lipinski definition) is 2. The fourth-order valence-corrected chi connectivity index (χ4v) is 3.78. The number of hydrogen-bond acceptors (Lipinski definition) is 3. The molecule has 1 saturated carbocycles. The van der Waals surface area contributed by atoms with Crippen molar-refractivity contribution in [1.29, 1.82) is 0 Å². The Hall–Kier alpha value is -0.980. The Labute approximate surface area is 106 Å². The predicted octanol–water partition coefficient (Wildman–Crippen LogP) is 1.54. The molecule has 2 N–H and O–H groups in total. The topological polar surface area (TPSA) is 66.4 Å². The lowest BCUT2D eigenvalue weighted by Crippen LogP contribution is -2.33. The van der Waals surface area contributed by atoms with Crippen LogP contribution in [0.3, 0.4) is 0 Å². The van der Waals surface area contributed by atoms with Gasteiger partial charge in [0.2, 0.25) is 10.0 Å². The maximum atomic E-state index is 13.2. The predicted molar refractivity (Wildman–Crippen MR) is 64.9 cm³/mol. The highest BCUT2D eigenvalue weighted by Crippen LogP contribution is 2.22. The molecule has 0 saturated heterocycles. The van der Waals surface area contributed by atoms with Crippen LogP contribution in [0.2, 0.25) is 0 Å². The molecule has 4 nitrogen and oxygen atoms in total. The quantitative estimate of drug-likeness (QED) is 0.874. The number of aliphatic hydroxyl groups excluding tert-OH is 1. The number of nitrogens with one attached hydrogen (secondary N) is 1. The van der Waals surface area contributed by atoms with Gasteiger partial charge in [0.1, 0.15) is 5.82 Å². The van der Waals surface area contributed by atoms with Gasteiger partial charge in [0.25, 0.3) is 0 Å². The Balaban J connectivity index is 2.30. The Morgan fingerprint density at radius 1 is 1.33 bits per heavy atom. The monoisotopic (exact) mass is 273 g/mol. The van der Waals surface area contributed by atoms with Gasteiger partial charge in [-0.1, -0.05) is 18.9 Å². The first-order chi connectivity index (χ1) is 8.53. The van der Waals surface area contributed by atoms with Crippen LogP contribution in [0.1, 0.15) is 31.2 Å². The molecule has 6 heteroatoms. The molecular formula is C12H16FNO3S. The summed E-state index contributed by atoms with van der Waals surface area (Å²) in [5, 5.41) is 9.12. The van der Waals surface area contributed by atoms with Gasteiger partial charge in [-0.2, -0.15) is 0 Å². The SMILES string of the molecule is O=S(=O)(NC1CCCC1)c1cc(F)ccc1CO. The summed E-state index contributed by atoms with van der Waals surface area (Å²) in [5.41, 5.74) is 0.210. The Morgan fingerprint density at radius 2 is 2.00 bits per heavy atom. The number of halogens is 1. The summed E-state index contributed by atoms with van der Waals surface area (Å²) in [6.07, 6.45) is 3.62. The molecule has 0 unspecified atom stereocenters. The van der Waals surface area contributed by atoms with Crippen LogP contribution in [0.25, 0.3) is 0 Å². The molecule has 1 aliphatic carbocycles. The molecule has 0 aliphatic heterocycles. The average Bonchev–Trinajstić information content (AvgIpc) is 2.81. The van der Waals surface area contributed by atoms with Gasteiger partial charge in [-0.25, -0.2) is 17.5 Å². The third kappa shape index (κ3) is 2.88. The van der Waals surface area contributed by atoms with E-state index >= 15 is 0 Å². The molecule has 100 valence electrons. The highest BCUT2D eigenvalue weighted by molar-refractivity contribution is 7.89. The summed E-state index contributed by atoms with van der Waals surface area (Å²) >= 11 is 0. The van der Waals surface area contributed by atoms with Crippen molar-refractivity contribution in [2.75, 3.05) is 0 Å². The molecule has 0 aromatic heterocycles. The van der Waals surface area contributed by atoms with Crippen LogP contribution in [0.15, 0.2) is 23.1 Å². The van der Waals surface area contributed by atoms with Crippen molar-refractivity contribution in [3.05, 3.63) is 29.6 Å². The van der Waals surface area contributed by atoms with Crippen LogP contribution < -0.4 is 4.72 Å². The molecule has 1 aromatic carbocycles. The van der Waals surface area contributed by atoms with Gasteiger partial charge in [0, 0.05) is 6.04 Å². The molecule has 1 aromatic rings. The Bertz CT molecular complexity index is 524. The zero-order valence-electron chi connectivity index (χ0n) is 9.89. The second kappa shape index (κ2) is 5.34. The van der Waals surface area contributed by atoms with Crippen LogP contribution in [-0.4, -0.2) is 19.6 Å². The normalized spacial score (nSPS) is 17.2. The molecule has 18 heavy (non-hydrogen) atoms. The van der Waals surface area contributed by atoms with E-state index in [2.05, 4.69) is 4.72 Å². The van der Waals surface area contributed by atoms with E-state index in [1.807, 2.05) is 0 Å². The standard InChI is InChI=1S/C12H16FNO3S/c13-10-6-5-9(8-15)12(7-10)18(16,17)14-11-3-1-2-4-11/h5-7,11,14-15H,1-4,8H2. The maximum Gasteiger partial charge on any atom is 0.241 e. The van der Waals surface area contributed by atoms with Gasteiger partial charge in [-0.15, -0.1) is 0 Å². The fraction of sp³-hybridized carbons (Fsp3) is 0.500. The lowest BCUT2D eigenvalue weighted by atomic mass is 10.2. The highest BCUT2D eigenvalue weighted by atomic mass is 32.2. The van der Waals surface area contributed by atoms with Crippen LogP contribution in [0.5, 0.6) is 0 Å². The van der Waals surface area contributed by atoms with Gasteiger partial charge < -0.3 is 5.11 Å². The van der Waals surface area contributed by atoms with E-state index in [-0.39, 0.29) is 16.5 Å². The minimum Gasteiger partial charge on any atom is -0.392 e. The summed E-state index contributed by atoms with van der Waals surface area (Å²) < 4.78 is 40.0. The van der Waals surface area contributed by atoms with Crippen molar-refractivity contribution in [1.82, 2.24) is 4.72 Å². The minimum absolute atomic E-state index is 0.0789. The zero-order valence-corrected chi connectivity index (χ0v) is 10.7. The third-order valence-corrected chi connectivity index (χ3v) is 4.77. The van der Waals surface area contributed by atoms with E-state index < -0.39 is 22.4 Å². The lowest BCUT2D eigenvalue weighted by molar-refractivity contribution is 0.278. The Kier molecular flexibility index (Phi) is 3.99. The second-order valence-electron chi connectivity index (χ2n) is 4.51. The van der Waals surface area contributed by atoms with Gasteiger partial charge >= 0.3 is 0 Å². The first kappa shape index (κ1) is 13.5. The van der Waals surface area contributed by atoms with Crippen molar-refractivity contribution < 1.29 is 17.9 Å². The number of rotatable bonds is 4. The molecule has 1 aliphatic rings. The van der Waals surface area contributed by atoms with E-state index in [4.69, 9.17) is 5.11 Å². The number of benzene rings is 1. The molecule has 0 spiro atoms.